The quantitative estimate of drug-likeness (QED) is 0.634. The molecule has 5 nitrogen and oxygen atoms in total. The maximum Gasteiger partial charge on any atom is 0.328 e. The summed E-state index contributed by atoms with van der Waals surface area (Å²) in [5, 5.41) is 4.51. The molecule has 138 valence electrons. The molecule has 1 atom stereocenters. The Bertz CT molecular complexity index is 797. The van der Waals surface area contributed by atoms with E-state index < -0.39 is 6.04 Å². The summed E-state index contributed by atoms with van der Waals surface area (Å²) in [6.45, 7) is 0. The molecule has 0 aromatic heterocycles. The standard InChI is InChI=1S/C21H26N2O3/c1-26-21(25)19(13-14-7-3-2-4-8-14)23-20(24)17-11-12-18(22)16-10-6-5-9-15(16)17/h5-6,9-12,14,19H,2-4,7-8,13,22H2,1H3,(H,23,24)/t19-/m0/s1. The number of anilines is 1. The first-order valence-corrected chi connectivity index (χ1v) is 9.26. The van der Waals surface area contributed by atoms with E-state index in [4.69, 9.17) is 10.5 Å². The number of carbonyl (C=O) groups excluding carboxylic acids is 2. The molecule has 0 bridgehead atoms. The van der Waals surface area contributed by atoms with E-state index in [1.165, 1.54) is 26.4 Å². The fourth-order valence-electron chi connectivity index (χ4n) is 3.87. The van der Waals surface area contributed by atoms with Crippen LogP contribution in [0.3, 0.4) is 0 Å². The monoisotopic (exact) mass is 354 g/mol. The molecule has 3 rings (SSSR count). The average Bonchev–Trinajstić information content (AvgIpc) is 2.68. The van der Waals surface area contributed by atoms with E-state index >= 15 is 0 Å². The predicted octanol–water partition coefficient (Wildman–Crippen LogP) is 3.66. The number of rotatable bonds is 5. The fraction of sp³-hybridized carbons (Fsp3) is 0.429. The minimum absolute atomic E-state index is 0.271. The van der Waals surface area contributed by atoms with Gasteiger partial charge in [0.25, 0.3) is 5.91 Å². The Balaban J connectivity index is 1.81. The highest BCUT2D eigenvalue weighted by Crippen LogP contribution is 2.28. The van der Waals surface area contributed by atoms with Crippen LogP contribution in [0.2, 0.25) is 0 Å². The fourth-order valence-corrected chi connectivity index (χ4v) is 3.87. The highest BCUT2D eigenvalue weighted by atomic mass is 16.5. The second-order valence-electron chi connectivity index (χ2n) is 7.04. The number of fused-ring (bicyclic) bond motifs is 1. The van der Waals surface area contributed by atoms with Crippen molar-refractivity contribution in [1.82, 2.24) is 5.32 Å². The van der Waals surface area contributed by atoms with E-state index in [9.17, 15) is 9.59 Å². The summed E-state index contributed by atoms with van der Waals surface area (Å²) in [6, 6.07) is 10.3. The van der Waals surface area contributed by atoms with Gasteiger partial charge in [-0.25, -0.2) is 4.79 Å². The Hall–Kier alpha value is -2.56. The Labute approximate surface area is 153 Å². The lowest BCUT2D eigenvalue weighted by molar-refractivity contribution is -0.143. The summed E-state index contributed by atoms with van der Waals surface area (Å²) in [6.07, 6.45) is 6.47. The number of ether oxygens (including phenoxy) is 1. The zero-order valence-electron chi connectivity index (χ0n) is 15.2. The van der Waals surface area contributed by atoms with E-state index in [1.807, 2.05) is 24.3 Å². The third kappa shape index (κ3) is 3.98. The third-order valence-electron chi connectivity index (χ3n) is 5.29. The molecule has 0 saturated heterocycles. The molecule has 1 aliphatic rings. The maximum absolute atomic E-state index is 12.9. The van der Waals surface area contributed by atoms with Crippen molar-refractivity contribution in [3.8, 4) is 0 Å². The summed E-state index contributed by atoms with van der Waals surface area (Å²) in [5.74, 6) is -0.201. The van der Waals surface area contributed by atoms with Crippen LogP contribution in [0.4, 0.5) is 5.69 Å². The summed E-state index contributed by atoms with van der Waals surface area (Å²) in [5.41, 5.74) is 7.16. The van der Waals surface area contributed by atoms with Gasteiger partial charge in [-0.15, -0.1) is 0 Å². The Morgan fingerprint density at radius 2 is 1.81 bits per heavy atom. The largest absolute Gasteiger partial charge is 0.467 e. The van der Waals surface area contributed by atoms with Crippen LogP contribution in [-0.2, 0) is 9.53 Å². The highest BCUT2D eigenvalue weighted by molar-refractivity contribution is 6.10. The normalized spacial score (nSPS) is 16.2. The van der Waals surface area contributed by atoms with E-state index in [0.29, 0.717) is 23.6 Å². The van der Waals surface area contributed by atoms with Crippen LogP contribution < -0.4 is 11.1 Å². The van der Waals surface area contributed by atoms with Gasteiger partial charge in [-0.05, 0) is 29.9 Å². The van der Waals surface area contributed by atoms with E-state index in [2.05, 4.69) is 5.32 Å². The van der Waals surface area contributed by atoms with Gasteiger partial charge in [-0.1, -0.05) is 56.4 Å². The number of esters is 1. The van der Waals surface area contributed by atoms with Crippen LogP contribution in [0.15, 0.2) is 36.4 Å². The predicted molar refractivity (Wildman–Crippen MR) is 103 cm³/mol. The maximum atomic E-state index is 12.9. The first-order chi connectivity index (χ1) is 12.6. The number of nitrogens with one attached hydrogen (secondary N) is 1. The molecule has 2 aromatic carbocycles. The second kappa shape index (κ2) is 8.21. The van der Waals surface area contributed by atoms with E-state index in [-0.39, 0.29) is 11.9 Å². The lowest BCUT2D eigenvalue weighted by atomic mass is 9.84. The van der Waals surface area contributed by atoms with E-state index in [0.717, 1.165) is 23.6 Å². The van der Waals surface area contributed by atoms with Gasteiger partial charge in [0.2, 0.25) is 0 Å². The van der Waals surface area contributed by atoms with Gasteiger partial charge in [0, 0.05) is 16.6 Å². The van der Waals surface area contributed by atoms with Gasteiger partial charge in [-0.3, -0.25) is 4.79 Å². The summed E-state index contributed by atoms with van der Waals surface area (Å²) < 4.78 is 4.92. The van der Waals surface area contributed by atoms with Crippen molar-refractivity contribution in [1.29, 1.82) is 0 Å². The molecular formula is C21H26N2O3. The molecule has 0 aliphatic heterocycles. The van der Waals surface area contributed by atoms with Crippen molar-refractivity contribution >= 4 is 28.3 Å². The molecule has 0 heterocycles. The van der Waals surface area contributed by atoms with Gasteiger partial charge in [0.1, 0.15) is 6.04 Å². The SMILES string of the molecule is COC(=O)[C@H](CC1CCCCC1)NC(=O)c1ccc(N)c2ccccc12. The molecular weight excluding hydrogens is 328 g/mol. The van der Waals surface area contributed by atoms with Crippen molar-refractivity contribution in [3.05, 3.63) is 42.0 Å². The summed E-state index contributed by atoms with van der Waals surface area (Å²) in [4.78, 5) is 25.1. The summed E-state index contributed by atoms with van der Waals surface area (Å²) >= 11 is 0. The number of methoxy groups -OCH3 is 1. The van der Waals surface area contributed by atoms with Crippen LogP contribution in [0.1, 0.15) is 48.9 Å². The zero-order chi connectivity index (χ0) is 18.5. The number of hydrogen-bond acceptors (Lipinski definition) is 4. The molecule has 0 unspecified atom stereocenters. The lowest BCUT2D eigenvalue weighted by Crippen LogP contribution is -2.43. The molecule has 5 heteroatoms. The van der Waals surface area contributed by atoms with Gasteiger partial charge in [0.15, 0.2) is 0 Å². The number of carbonyl (C=O) groups is 2. The minimum Gasteiger partial charge on any atom is -0.467 e. The van der Waals surface area contributed by atoms with Crippen molar-refractivity contribution < 1.29 is 14.3 Å². The van der Waals surface area contributed by atoms with Gasteiger partial charge < -0.3 is 15.8 Å². The Morgan fingerprint density at radius 3 is 2.50 bits per heavy atom. The molecule has 2 aromatic rings. The number of amides is 1. The van der Waals surface area contributed by atoms with Crippen LogP contribution in [0, 0.1) is 5.92 Å². The minimum atomic E-state index is -0.619. The molecule has 1 amide bonds. The zero-order valence-corrected chi connectivity index (χ0v) is 15.2. The van der Waals surface area contributed by atoms with Crippen molar-refractivity contribution in [3.63, 3.8) is 0 Å². The highest BCUT2D eigenvalue weighted by Gasteiger charge is 2.27. The van der Waals surface area contributed by atoms with Crippen LogP contribution in [0.25, 0.3) is 10.8 Å². The smallest absolute Gasteiger partial charge is 0.328 e. The van der Waals surface area contributed by atoms with Crippen LogP contribution >= 0.6 is 0 Å². The number of nitrogens with two attached hydrogens (primary N) is 1. The lowest BCUT2D eigenvalue weighted by Gasteiger charge is -2.26. The Kier molecular flexibility index (Phi) is 5.76. The summed E-state index contributed by atoms with van der Waals surface area (Å²) in [7, 11) is 1.36. The third-order valence-corrected chi connectivity index (χ3v) is 5.29. The molecule has 0 radical (unpaired) electrons. The molecule has 1 saturated carbocycles. The van der Waals surface area contributed by atoms with Crippen molar-refractivity contribution in [2.45, 2.75) is 44.6 Å². The van der Waals surface area contributed by atoms with E-state index in [1.54, 1.807) is 12.1 Å². The number of benzene rings is 2. The molecule has 26 heavy (non-hydrogen) atoms. The first-order valence-electron chi connectivity index (χ1n) is 9.26. The number of nitrogen functional groups attached to an aromatic ring is 1. The Morgan fingerprint density at radius 1 is 1.12 bits per heavy atom. The first kappa shape index (κ1) is 18.2. The molecule has 1 aliphatic carbocycles. The van der Waals surface area contributed by atoms with Crippen LogP contribution in [0.5, 0.6) is 0 Å². The van der Waals surface area contributed by atoms with Crippen LogP contribution in [-0.4, -0.2) is 25.0 Å². The number of hydrogen-bond donors (Lipinski definition) is 2. The van der Waals surface area contributed by atoms with Crippen molar-refractivity contribution in [2.24, 2.45) is 5.92 Å². The average molecular weight is 354 g/mol. The molecule has 1 fully saturated rings. The van der Waals surface area contributed by atoms with Gasteiger partial charge >= 0.3 is 5.97 Å². The topological polar surface area (TPSA) is 81.4 Å². The van der Waals surface area contributed by atoms with Gasteiger partial charge in [0.05, 0.1) is 7.11 Å². The van der Waals surface area contributed by atoms with Crippen molar-refractivity contribution in [2.75, 3.05) is 12.8 Å². The molecule has 3 N–H and O–H groups in total. The second-order valence-corrected chi connectivity index (χ2v) is 7.04. The van der Waals surface area contributed by atoms with Gasteiger partial charge in [-0.2, -0.15) is 0 Å². The molecule has 0 spiro atoms.